The van der Waals surface area contributed by atoms with Gasteiger partial charge >= 0.3 is 0 Å². The Morgan fingerprint density at radius 3 is 2.58 bits per heavy atom. The molecule has 0 fully saturated rings. The zero-order valence-electron chi connectivity index (χ0n) is 15.0. The molecule has 0 aliphatic carbocycles. The number of benzene rings is 1. The molecule has 1 atom stereocenters. The molecule has 0 aliphatic heterocycles. The fourth-order valence-electron chi connectivity index (χ4n) is 2.80. The number of pyridine rings is 1. The lowest BCUT2D eigenvalue weighted by Gasteiger charge is -2.12. The predicted octanol–water partition coefficient (Wildman–Crippen LogP) is 2.59. The zero-order chi connectivity index (χ0) is 18.5. The summed E-state index contributed by atoms with van der Waals surface area (Å²) in [5, 5.41) is 7.31. The Hall–Kier alpha value is -2.99. The molecule has 3 aromatic rings. The van der Waals surface area contributed by atoms with Crippen LogP contribution in [0.25, 0.3) is 5.82 Å². The largest absolute Gasteiger partial charge is 0.352 e. The second-order valence-corrected chi connectivity index (χ2v) is 6.36. The third kappa shape index (κ3) is 4.34. The summed E-state index contributed by atoms with van der Waals surface area (Å²) in [5.74, 6) is 0.681. The Morgan fingerprint density at radius 1 is 1.19 bits per heavy atom. The molecule has 3 N–H and O–H groups in total. The van der Waals surface area contributed by atoms with E-state index in [1.54, 1.807) is 10.9 Å². The average Bonchev–Trinajstić information content (AvgIpc) is 2.99. The topological polar surface area (TPSA) is 85.8 Å². The number of amides is 1. The van der Waals surface area contributed by atoms with Crippen molar-refractivity contribution in [3.05, 3.63) is 77.2 Å². The minimum atomic E-state index is -0.303. The maximum absolute atomic E-state index is 12.1. The van der Waals surface area contributed by atoms with Crippen LogP contribution in [0.3, 0.4) is 0 Å². The van der Waals surface area contributed by atoms with E-state index in [0.29, 0.717) is 6.54 Å². The molecule has 0 saturated heterocycles. The highest BCUT2D eigenvalue weighted by molar-refractivity contribution is 5.76. The van der Waals surface area contributed by atoms with E-state index < -0.39 is 0 Å². The second kappa shape index (κ2) is 7.93. The molecule has 2 aromatic heterocycles. The van der Waals surface area contributed by atoms with Crippen molar-refractivity contribution >= 4 is 5.91 Å². The Balaban J connectivity index is 1.55. The monoisotopic (exact) mass is 349 g/mol. The Bertz CT molecular complexity index is 871. The van der Waals surface area contributed by atoms with Crippen LogP contribution in [-0.4, -0.2) is 20.7 Å². The molecule has 0 radical (unpaired) electrons. The van der Waals surface area contributed by atoms with E-state index in [-0.39, 0.29) is 18.4 Å². The first-order valence-corrected chi connectivity index (χ1v) is 8.59. The molecule has 134 valence electrons. The predicted molar refractivity (Wildman–Crippen MR) is 101 cm³/mol. The number of nitrogens with two attached hydrogens (primary N) is 1. The van der Waals surface area contributed by atoms with Crippen molar-refractivity contribution in [3.63, 3.8) is 0 Å². The number of aromatic nitrogens is 3. The molecule has 1 unspecified atom stereocenters. The van der Waals surface area contributed by atoms with E-state index in [2.05, 4.69) is 15.4 Å². The van der Waals surface area contributed by atoms with E-state index in [4.69, 9.17) is 5.73 Å². The molecular formula is C20H23N5O. The van der Waals surface area contributed by atoms with Gasteiger partial charge in [-0.3, -0.25) is 4.79 Å². The molecule has 0 spiro atoms. The summed E-state index contributed by atoms with van der Waals surface area (Å²) in [6, 6.07) is 15.2. The average molecular weight is 349 g/mol. The third-order valence-electron chi connectivity index (χ3n) is 4.16. The zero-order valence-corrected chi connectivity index (χ0v) is 15.0. The summed E-state index contributed by atoms with van der Waals surface area (Å²) >= 11 is 0. The summed E-state index contributed by atoms with van der Waals surface area (Å²) in [4.78, 5) is 16.5. The van der Waals surface area contributed by atoms with E-state index in [1.165, 1.54) is 0 Å². The Kier molecular flexibility index (Phi) is 5.43. The number of carbonyl (C=O) groups is 1. The van der Waals surface area contributed by atoms with Crippen LogP contribution in [0.1, 0.15) is 35.0 Å². The van der Waals surface area contributed by atoms with Crippen LogP contribution in [0.5, 0.6) is 0 Å². The molecule has 1 aromatic carbocycles. The van der Waals surface area contributed by atoms with Crippen molar-refractivity contribution in [2.45, 2.75) is 32.9 Å². The number of nitrogens with zero attached hydrogens (tertiary/aromatic N) is 3. The van der Waals surface area contributed by atoms with Crippen molar-refractivity contribution in [2.24, 2.45) is 5.73 Å². The Labute approximate surface area is 153 Å². The summed E-state index contributed by atoms with van der Waals surface area (Å²) in [6.07, 6.45) is 2.00. The lowest BCUT2D eigenvalue weighted by Crippen LogP contribution is -2.27. The smallest absolute Gasteiger partial charge is 0.222 e. The van der Waals surface area contributed by atoms with Crippen LogP contribution in [0.2, 0.25) is 0 Å². The fraction of sp³-hybridized carbons (Fsp3) is 0.250. The van der Waals surface area contributed by atoms with Gasteiger partial charge in [-0.25, -0.2) is 9.67 Å². The Morgan fingerprint density at radius 2 is 1.96 bits per heavy atom. The van der Waals surface area contributed by atoms with Gasteiger partial charge in [0, 0.05) is 30.9 Å². The molecule has 6 nitrogen and oxygen atoms in total. The van der Waals surface area contributed by atoms with Crippen molar-refractivity contribution in [2.75, 3.05) is 0 Å². The van der Waals surface area contributed by atoms with Gasteiger partial charge < -0.3 is 11.1 Å². The number of nitrogens with one attached hydrogen (secondary N) is 1. The summed E-state index contributed by atoms with van der Waals surface area (Å²) < 4.78 is 1.80. The van der Waals surface area contributed by atoms with E-state index in [0.717, 1.165) is 28.3 Å². The molecule has 0 bridgehead atoms. The molecular weight excluding hydrogens is 326 g/mol. The van der Waals surface area contributed by atoms with Gasteiger partial charge in [0.15, 0.2) is 5.82 Å². The summed E-state index contributed by atoms with van der Waals surface area (Å²) in [6.45, 7) is 4.37. The van der Waals surface area contributed by atoms with Crippen LogP contribution in [0.15, 0.2) is 54.7 Å². The number of hydrogen-bond acceptors (Lipinski definition) is 4. The minimum Gasteiger partial charge on any atom is -0.352 e. The van der Waals surface area contributed by atoms with E-state index >= 15 is 0 Å². The molecule has 26 heavy (non-hydrogen) atoms. The first-order valence-electron chi connectivity index (χ1n) is 8.59. The van der Waals surface area contributed by atoms with Crippen molar-refractivity contribution in [3.8, 4) is 5.82 Å². The normalized spacial score (nSPS) is 12.0. The van der Waals surface area contributed by atoms with Crippen LogP contribution in [0, 0.1) is 13.8 Å². The maximum atomic E-state index is 12.1. The number of rotatable bonds is 6. The van der Waals surface area contributed by atoms with Gasteiger partial charge in [0.2, 0.25) is 5.91 Å². The van der Waals surface area contributed by atoms with Crippen LogP contribution in [-0.2, 0) is 11.3 Å². The fourth-order valence-corrected chi connectivity index (χ4v) is 2.80. The molecule has 0 saturated carbocycles. The second-order valence-electron chi connectivity index (χ2n) is 6.36. The quantitative estimate of drug-likeness (QED) is 0.716. The van der Waals surface area contributed by atoms with Gasteiger partial charge in [0.1, 0.15) is 0 Å². The summed E-state index contributed by atoms with van der Waals surface area (Å²) in [5.41, 5.74) is 9.95. The first-order chi connectivity index (χ1) is 12.5. The van der Waals surface area contributed by atoms with Gasteiger partial charge in [0.25, 0.3) is 0 Å². The standard InChI is InChI=1S/C20H23N5O/c1-14-10-15(2)25(24-14)19-9-8-16(12-22-19)13-23-20(26)11-18(21)17-6-4-3-5-7-17/h3-10,12,18H,11,13,21H2,1-2H3,(H,23,26). The van der Waals surface area contributed by atoms with Crippen molar-refractivity contribution < 1.29 is 4.79 Å². The van der Waals surface area contributed by atoms with Crippen molar-refractivity contribution in [1.82, 2.24) is 20.1 Å². The first kappa shape index (κ1) is 17.8. The summed E-state index contributed by atoms with van der Waals surface area (Å²) in [7, 11) is 0. The highest BCUT2D eigenvalue weighted by Gasteiger charge is 2.11. The van der Waals surface area contributed by atoms with Gasteiger partial charge in [-0.15, -0.1) is 0 Å². The van der Waals surface area contributed by atoms with E-state index in [9.17, 15) is 4.79 Å². The van der Waals surface area contributed by atoms with E-state index in [1.807, 2.05) is 62.4 Å². The number of hydrogen-bond donors (Lipinski definition) is 2. The highest BCUT2D eigenvalue weighted by Crippen LogP contribution is 2.13. The van der Waals surface area contributed by atoms with Crippen LogP contribution >= 0.6 is 0 Å². The highest BCUT2D eigenvalue weighted by atomic mass is 16.1. The van der Waals surface area contributed by atoms with Gasteiger partial charge in [-0.2, -0.15) is 5.10 Å². The minimum absolute atomic E-state index is 0.0797. The van der Waals surface area contributed by atoms with Gasteiger partial charge in [0.05, 0.1) is 5.69 Å². The van der Waals surface area contributed by atoms with Gasteiger partial charge in [-0.05, 0) is 37.1 Å². The molecule has 6 heteroatoms. The van der Waals surface area contributed by atoms with Crippen molar-refractivity contribution in [1.29, 1.82) is 0 Å². The van der Waals surface area contributed by atoms with Crippen LogP contribution < -0.4 is 11.1 Å². The van der Waals surface area contributed by atoms with Gasteiger partial charge in [-0.1, -0.05) is 36.4 Å². The lowest BCUT2D eigenvalue weighted by molar-refractivity contribution is -0.121. The maximum Gasteiger partial charge on any atom is 0.222 e. The molecule has 2 heterocycles. The molecule has 1 amide bonds. The number of aryl methyl sites for hydroxylation is 2. The number of carbonyl (C=O) groups excluding carboxylic acids is 1. The molecule has 3 rings (SSSR count). The SMILES string of the molecule is Cc1cc(C)n(-c2ccc(CNC(=O)CC(N)c3ccccc3)cn2)n1. The lowest BCUT2D eigenvalue weighted by atomic mass is 10.0. The molecule has 0 aliphatic rings. The third-order valence-corrected chi connectivity index (χ3v) is 4.16. The van der Waals surface area contributed by atoms with Crippen LogP contribution in [0.4, 0.5) is 0 Å².